The summed E-state index contributed by atoms with van der Waals surface area (Å²) in [5.74, 6) is 0.944. The van der Waals surface area contributed by atoms with Crippen molar-refractivity contribution in [2.75, 3.05) is 33.2 Å². The third-order valence-electron chi connectivity index (χ3n) is 4.77. The van der Waals surface area contributed by atoms with E-state index in [4.69, 9.17) is 4.74 Å². The second kappa shape index (κ2) is 8.20. The predicted octanol–water partition coefficient (Wildman–Crippen LogP) is 0.500. The van der Waals surface area contributed by atoms with Crippen LogP contribution in [0.25, 0.3) is 0 Å². The van der Waals surface area contributed by atoms with Gasteiger partial charge in [-0.2, -0.15) is 0 Å². The Labute approximate surface area is 148 Å². The maximum Gasteiger partial charge on any atom is 0.315 e. The number of rotatable bonds is 5. The van der Waals surface area contributed by atoms with Gasteiger partial charge in [-0.1, -0.05) is 18.2 Å². The summed E-state index contributed by atoms with van der Waals surface area (Å²) >= 11 is 0. The minimum absolute atomic E-state index is 0.00227. The van der Waals surface area contributed by atoms with Crippen molar-refractivity contribution < 1.29 is 14.3 Å². The molecule has 2 aliphatic heterocycles. The molecular formula is C18H26N4O3. The Balaban J connectivity index is 1.33. The molecule has 2 heterocycles. The van der Waals surface area contributed by atoms with Crippen molar-refractivity contribution in [1.29, 1.82) is 0 Å². The summed E-state index contributed by atoms with van der Waals surface area (Å²) < 4.78 is 5.82. The summed E-state index contributed by atoms with van der Waals surface area (Å²) in [5.41, 5.74) is 1.19. The highest BCUT2D eigenvalue weighted by atomic mass is 16.5. The van der Waals surface area contributed by atoms with Crippen LogP contribution in [0.15, 0.2) is 24.3 Å². The third kappa shape index (κ3) is 4.85. The molecule has 0 spiro atoms. The van der Waals surface area contributed by atoms with Gasteiger partial charge in [0.25, 0.3) is 0 Å². The van der Waals surface area contributed by atoms with E-state index < -0.39 is 0 Å². The first kappa shape index (κ1) is 17.5. The van der Waals surface area contributed by atoms with E-state index in [0.717, 1.165) is 38.1 Å². The number of para-hydroxylation sites is 1. The highest BCUT2D eigenvalue weighted by molar-refractivity contribution is 5.77. The summed E-state index contributed by atoms with van der Waals surface area (Å²) in [7, 11) is 1.65. The Morgan fingerprint density at radius 2 is 2.00 bits per heavy atom. The standard InChI is InChI=1S/C18H26N4O3/c1-19-17(23)12-22-8-6-14(7-9-22)21-18(24)20-11-15-10-13-4-2-3-5-16(13)25-15/h2-5,14-15H,6-12H2,1H3,(H,19,23)(H2,20,21,24). The van der Waals surface area contributed by atoms with Gasteiger partial charge >= 0.3 is 6.03 Å². The molecule has 1 fully saturated rings. The maximum atomic E-state index is 12.1. The monoisotopic (exact) mass is 346 g/mol. The number of nitrogens with one attached hydrogen (secondary N) is 3. The fraction of sp³-hybridized carbons (Fsp3) is 0.556. The van der Waals surface area contributed by atoms with Crippen molar-refractivity contribution in [1.82, 2.24) is 20.9 Å². The van der Waals surface area contributed by atoms with Gasteiger partial charge in [-0.05, 0) is 24.5 Å². The molecule has 3 N–H and O–H groups in total. The van der Waals surface area contributed by atoms with Crippen molar-refractivity contribution in [2.24, 2.45) is 0 Å². The quantitative estimate of drug-likeness (QED) is 0.725. The Morgan fingerprint density at radius 3 is 2.72 bits per heavy atom. The number of fused-ring (bicyclic) bond motifs is 1. The number of amides is 3. The van der Waals surface area contributed by atoms with Crippen LogP contribution in [0.1, 0.15) is 18.4 Å². The molecule has 1 atom stereocenters. The van der Waals surface area contributed by atoms with Crippen molar-refractivity contribution in [2.45, 2.75) is 31.4 Å². The zero-order chi connectivity index (χ0) is 17.6. The lowest BCUT2D eigenvalue weighted by Crippen LogP contribution is -2.50. The molecule has 0 aromatic heterocycles. The Bertz CT molecular complexity index is 589. The van der Waals surface area contributed by atoms with E-state index in [1.165, 1.54) is 5.56 Å². The molecule has 0 saturated carbocycles. The van der Waals surface area contributed by atoms with Crippen molar-refractivity contribution in [3.63, 3.8) is 0 Å². The number of urea groups is 1. The highest BCUT2D eigenvalue weighted by Gasteiger charge is 2.24. The van der Waals surface area contributed by atoms with E-state index in [1.807, 2.05) is 18.2 Å². The summed E-state index contributed by atoms with van der Waals surface area (Å²) in [6, 6.07) is 7.98. The van der Waals surface area contributed by atoms with E-state index >= 15 is 0 Å². The van der Waals surface area contributed by atoms with Crippen LogP contribution in [0.2, 0.25) is 0 Å². The number of piperidine rings is 1. The molecule has 1 aromatic carbocycles. The minimum atomic E-state index is -0.149. The molecule has 1 aromatic rings. The molecule has 7 heteroatoms. The van der Waals surface area contributed by atoms with E-state index in [2.05, 4.69) is 26.9 Å². The molecule has 1 unspecified atom stereocenters. The summed E-state index contributed by atoms with van der Waals surface area (Å²) in [6.45, 7) is 2.56. The smallest absolute Gasteiger partial charge is 0.315 e. The summed E-state index contributed by atoms with van der Waals surface area (Å²) in [5, 5.41) is 8.56. The molecule has 2 aliphatic rings. The molecule has 7 nitrogen and oxygen atoms in total. The van der Waals surface area contributed by atoms with E-state index in [0.29, 0.717) is 13.1 Å². The second-order valence-corrected chi connectivity index (χ2v) is 6.63. The van der Waals surface area contributed by atoms with Crippen LogP contribution in [0.5, 0.6) is 5.75 Å². The molecule has 0 radical (unpaired) electrons. The van der Waals surface area contributed by atoms with Gasteiger partial charge in [0.15, 0.2) is 0 Å². The lowest BCUT2D eigenvalue weighted by molar-refractivity contribution is -0.122. The molecule has 1 saturated heterocycles. The van der Waals surface area contributed by atoms with Gasteiger partial charge in [0.2, 0.25) is 5.91 Å². The van der Waals surface area contributed by atoms with Gasteiger partial charge in [-0.15, -0.1) is 0 Å². The topological polar surface area (TPSA) is 82.7 Å². The largest absolute Gasteiger partial charge is 0.488 e. The number of carbonyl (C=O) groups excluding carboxylic acids is 2. The van der Waals surface area contributed by atoms with Crippen molar-refractivity contribution in [3.05, 3.63) is 29.8 Å². The van der Waals surface area contributed by atoms with Crippen LogP contribution in [0.4, 0.5) is 4.79 Å². The fourth-order valence-corrected chi connectivity index (χ4v) is 3.33. The van der Waals surface area contributed by atoms with Gasteiger partial charge in [0, 0.05) is 32.6 Å². The highest BCUT2D eigenvalue weighted by Crippen LogP contribution is 2.27. The maximum absolute atomic E-state index is 12.1. The first-order valence-corrected chi connectivity index (χ1v) is 8.86. The van der Waals surface area contributed by atoms with Gasteiger partial charge in [-0.3, -0.25) is 9.69 Å². The molecule has 25 heavy (non-hydrogen) atoms. The van der Waals surface area contributed by atoms with Gasteiger partial charge in [0.05, 0.1) is 13.1 Å². The lowest BCUT2D eigenvalue weighted by Gasteiger charge is -2.31. The number of hydrogen-bond donors (Lipinski definition) is 3. The number of likely N-dealkylation sites (tertiary alicyclic amines) is 1. The zero-order valence-corrected chi connectivity index (χ0v) is 14.6. The van der Waals surface area contributed by atoms with Crippen LogP contribution in [0.3, 0.4) is 0 Å². The molecule has 0 bridgehead atoms. The summed E-state index contributed by atoms with van der Waals surface area (Å²) in [4.78, 5) is 25.6. The predicted molar refractivity (Wildman–Crippen MR) is 94.6 cm³/mol. The molecule has 3 amide bonds. The average Bonchev–Trinajstić information content (AvgIpc) is 3.04. The first-order chi connectivity index (χ1) is 12.1. The van der Waals surface area contributed by atoms with Crippen LogP contribution in [-0.4, -0.2) is 62.2 Å². The number of hydrogen-bond acceptors (Lipinski definition) is 4. The zero-order valence-electron chi connectivity index (χ0n) is 14.6. The van der Waals surface area contributed by atoms with Gasteiger partial charge in [0.1, 0.15) is 11.9 Å². The van der Waals surface area contributed by atoms with Crippen molar-refractivity contribution >= 4 is 11.9 Å². The van der Waals surface area contributed by atoms with Gasteiger partial charge in [-0.25, -0.2) is 4.79 Å². The van der Waals surface area contributed by atoms with Crippen LogP contribution >= 0.6 is 0 Å². The average molecular weight is 346 g/mol. The molecule has 0 aliphatic carbocycles. The Kier molecular flexibility index (Phi) is 5.75. The minimum Gasteiger partial charge on any atom is -0.488 e. The third-order valence-corrected chi connectivity index (χ3v) is 4.77. The van der Waals surface area contributed by atoms with Crippen LogP contribution in [-0.2, 0) is 11.2 Å². The number of ether oxygens (including phenoxy) is 1. The van der Waals surface area contributed by atoms with Crippen molar-refractivity contribution in [3.8, 4) is 5.75 Å². The Morgan fingerprint density at radius 1 is 1.24 bits per heavy atom. The van der Waals surface area contributed by atoms with E-state index in [1.54, 1.807) is 7.05 Å². The number of nitrogens with zero attached hydrogens (tertiary/aromatic N) is 1. The molecule has 136 valence electrons. The lowest BCUT2D eigenvalue weighted by atomic mass is 10.1. The molecule has 3 rings (SSSR count). The van der Waals surface area contributed by atoms with Crippen LogP contribution in [0, 0.1) is 0 Å². The normalized spacial score (nSPS) is 20.4. The first-order valence-electron chi connectivity index (χ1n) is 8.86. The van der Waals surface area contributed by atoms with E-state index in [-0.39, 0.29) is 24.1 Å². The molecular weight excluding hydrogens is 320 g/mol. The van der Waals surface area contributed by atoms with Crippen LogP contribution < -0.4 is 20.7 Å². The number of carbonyl (C=O) groups is 2. The fourth-order valence-electron chi connectivity index (χ4n) is 3.33. The Hall–Kier alpha value is -2.28. The SMILES string of the molecule is CNC(=O)CN1CCC(NC(=O)NCC2Cc3ccccc3O2)CC1. The summed E-state index contributed by atoms with van der Waals surface area (Å²) in [6.07, 6.45) is 2.54. The van der Waals surface area contributed by atoms with E-state index in [9.17, 15) is 9.59 Å². The second-order valence-electron chi connectivity index (χ2n) is 6.63. The number of likely N-dealkylation sites (N-methyl/N-ethyl adjacent to an activating group) is 1. The van der Waals surface area contributed by atoms with Gasteiger partial charge < -0.3 is 20.7 Å². The number of benzene rings is 1.